The number of hydrogen-bond acceptors (Lipinski definition) is 4. The molecule has 0 aromatic heterocycles. The normalized spacial score (nSPS) is 23.6. The quantitative estimate of drug-likeness (QED) is 0.399. The van der Waals surface area contributed by atoms with E-state index in [-0.39, 0.29) is 11.5 Å². The molecule has 0 aromatic rings. The van der Waals surface area contributed by atoms with E-state index in [4.69, 9.17) is 9.47 Å². The molecule has 4 nitrogen and oxygen atoms in total. The lowest BCUT2D eigenvalue weighted by Crippen LogP contribution is -2.47. The number of rotatable bonds is 1. The van der Waals surface area contributed by atoms with E-state index in [2.05, 4.69) is 0 Å². The maximum absolute atomic E-state index is 11.8. The van der Waals surface area contributed by atoms with Crippen LogP contribution in [0, 0.1) is 5.92 Å². The van der Waals surface area contributed by atoms with Crippen molar-refractivity contribution >= 4 is 11.9 Å². The summed E-state index contributed by atoms with van der Waals surface area (Å²) in [6, 6.07) is 0. The van der Waals surface area contributed by atoms with Gasteiger partial charge in [0.05, 0.1) is 0 Å². The second-order valence-electron chi connectivity index (χ2n) is 5.07. The van der Waals surface area contributed by atoms with Crippen molar-refractivity contribution < 1.29 is 19.1 Å². The maximum atomic E-state index is 11.8. The van der Waals surface area contributed by atoms with Gasteiger partial charge in [-0.1, -0.05) is 26.3 Å². The minimum atomic E-state index is -0.971. The van der Waals surface area contributed by atoms with E-state index >= 15 is 0 Å². The zero-order valence-corrected chi connectivity index (χ0v) is 10.3. The Morgan fingerprint density at radius 2 is 1.59 bits per heavy atom. The largest absolute Gasteiger partial charge is 0.419 e. The average Bonchev–Trinajstić information content (AvgIpc) is 2.24. The fourth-order valence-corrected chi connectivity index (χ4v) is 2.32. The van der Waals surface area contributed by atoms with Crippen molar-refractivity contribution in [3.8, 4) is 0 Å². The smallest absolute Gasteiger partial charge is 0.348 e. The van der Waals surface area contributed by atoms with Crippen molar-refractivity contribution in [2.24, 2.45) is 5.92 Å². The molecule has 2 fully saturated rings. The van der Waals surface area contributed by atoms with Gasteiger partial charge in [-0.25, -0.2) is 9.59 Å². The van der Waals surface area contributed by atoms with Gasteiger partial charge in [0, 0.05) is 12.8 Å². The average molecular weight is 238 g/mol. The van der Waals surface area contributed by atoms with Crippen LogP contribution in [-0.4, -0.2) is 17.7 Å². The van der Waals surface area contributed by atoms with Gasteiger partial charge in [0.1, 0.15) is 5.57 Å². The first-order valence-electron chi connectivity index (χ1n) is 6.21. The van der Waals surface area contributed by atoms with Crippen LogP contribution in [0.25, 0.3) is 0 Å². The molecule has 0 bridgehead atoms. The highest BCUT2D eigenvalue weighted by Gasteiger charge is 2.46. The summed E-state index contributed by atoms with van der Waals surface area (Å²) in [4.78, 5) is 23.6. The Labute approximate surface area is 101 Å². The number of carbonyl (C=O) groups is 2. The van der Waals surface area contributed by atoms with Crippen LogP contribution in [0.2, 0.25) is 0 Å². The third kappa shape index (κ3) is 2.51. The predicted octanol–water partition coefficient (Wildman–Crippen LogP) is 2.33. The van der Waals surface area contributed by atoms with Gasteiger partial charge in [0.15, 0.2) is 0 Å². The Hall–Kier alpha value is -1.32. The van der Waals surface area contributed by atoms with Gasteiger partial charge in [-0.2, -0.15) is 0 Å². The fourth-order valence-electron chi connectivity index (χ4n) is 2.32. The molecule has 17 heavy (non-hydrogen) atoms. The SMILES string of the molecule is CC(C)C=C1C(=O)OC2(CCCCC2)OC1=O. The van der Waals surface area contributed by atoms with Crippen LogP contribution in [0.15, 0.2) is 11.6 Å². The molecule has 4 heteroatoms. The third-order valence-electron chi connectivity index (χ3n) is 3.11. The zero-order chi connectivity index (χ0) is 12.5. The van der Waals surface area contributed by atoms with Crippen LogP contribution in [0.3, 0.4) is 0 Å². The topological polar surface area (TPSA) is 52.6 Å². The molecule has 1 spiro atoms. The summed E-state index contributed by atoms with van der Waals surface area (Å²) in [5.74, 6) is -1.92. The summed E-state index contributed by atoms with van der Waals surface area (Å²) in [6.07, 6.45) is 5.82. The van der Waals surface area contributed by atoms with Crippen molar-refractivity contribution in [1.82, 2.24) is 0 Å². The Morgan fingerprint density at radius 1 is 1.06 bits per heavy atom. The van der Waals surface area contributed by atoms with Gasteiger partial charge in [-0.05, 0) is 18.8 Å². The molecule has 0 amide bonds. The lowest BCUT2D eigenvalue weighted by atomic mass is 9.93. The molecular weight excluding hydrogens is 220 g/mol. The number of carbonyl (C=O) groups excluding carboxylic acids is 2. The molecule has 1 saturated carbocycles. The second-order valence-corrected chi connectivity index (χ2v) is 5.07. The highest BCUT2D eigenvalue weighted by atomic mass is 16.7. The Balaban J connectivity index is 2.17. The Morgan fingerprint density at radius 3 is 2.06 bits per heavy atom. The van der Waals surface area contributed by atoms with Crippen molar-refractivity contribution in [3.05, 3.63) is 11.6 Å². The summed E-state index contributed by atoms with van der Waals surface area (Å²) in [6.45, 7) is 3.80. The van der Waals surface area contributed by atoms with Gasteiger partial charge in [0.25, 0.3) is 5.79 Å². The molecule has 94 valence electrons. The molecule has 0 aromatic carbocycles. The van der Waals surface area contributed by atoms with Gasteiger partial charge in [0.2, 0.25) is 0 Å². The van der Waals surface area contributed by atoms with E-state index in [9.17, 15) is 9.59 Å². The first kappa shape index (κ1) is 12.1. The van der Waals surface area contributed by atoms with Crippen LogP contribution >= 0.6 is 0 Å². The van der Waals surface area contributed by atoms with Crippen molar-refractivity contribution in [3.63, 3.8) is 0 Å². The van der Waals surface area contributed by atoms with Crippen molar-refractivity contribution in [2.75, 3.05) is 0 Å². The van der Waals surface area contributed by atoms with Crippen LogP contribution in [-0.2, 0) is 19.1 Å². The van der Waals surface area contributed by atoms with E-state index in [1.807, 2.05) is 13.8 Å². The Bertz CT molecular complexity index is 340. The summed E-state index contributed by atoms with van der Waals surface area (Å²) >= 11 is 0. The van der Waals surface area contributed by atoms with E-state index in [1.54, 1.807) is 6.08 Å². The molecule has 1 aliphatic heterocycles. The number of esters is 2. The Kier molecular flexibility index (Phi) is 3.22. The lowest BCUT2D eigenvalue weighted by molar-refractivity contribution is -0.244. The summed E-state index contributed by atoms with van der Waals surface area (Å²) in [5.41, 5.74) is 0.0381. The number of hydrogen-bond donors (Lipinski definition) is 0. The van der Waals surface area contributed by atoms with Crippen molar-refractivity contribution in [1.29, 1.82) is 0 Å². The van der Waals surface area contributed by atoms with E-state index in [1.165, 1.54) is 0 Å². The minimum Gasteiger partial charge on any atom is -0.419 e. The molecule has 2 rings (SSSR count). The first-order valence-corrected chi connectivity index (χ1v) is 6.21. The summed E-state index contributed by atoms with van der Waals surface area (Å²) < 4.78 is 10.7. The first-order chi connectivity index (χ1) is 8.02. The van der Waals surface area contributed by atoms with Crippen LogP contribution < -0.4 is 0 Å². The lowest BCUT2D eigenvalue weighted by Gasteiger charge is -2.38. The second kappa shape index (κ2) is 4.51. The molecule has 1 saturated heterocycles. The molecule has 0 atom stereocenters. The third-order valence-corrected chi connectivity index (χ3v) is 3.11. The predicted molar refractivity (Wildman–Crippen MR) is 60.9 cm³/mol. The van der Waals surface area contributed by atoms with Gasteiger partial charge < -0.3 is 9.47 Å². The van der Waals surface area contributed by atoms with Crippen LogP contribution in [0.4, 0.5) is 0 Å². The van der Waals surface area contributed by atoms with Crippen LogP contribution in [0.1, 0.15) is 46.0 Å². The van der Waals surface area contributed by atoms with Gasteiger partial charge in [-0.3, -0.25) is 0 Å². The van der Waals surface area contributed by atoms with E-state index in [0.717, 1.165) is 19.3 Å². The number of ether oxygens (including phenoxy) is 2. The molecule has 0 radical (unpaired) electrons. The molecule has 1 aliphatic carbocycles. The maximum Gasteiger partial charge on any atom is 0.348 e. The standard InChI is InChI=1S/C13H18O4/c1-9(2)8-10-11(14)16-13(17-12(10)15)6-4-3-5-7-13/h8-9H,3-7H2,1-2H3. The van der Waals surface area contributed by atoms with Gasteiger partial charge in [-0.15, -0.1) is 0 Å². The molecule has 1 heterocycles. The van der Waals surface area contributed by atoms with Crippen LogP contribution in [0.5, 0.6) is 0 Å². The zero-order valence-electron chi connectivity index (χ0n) is 10.3. The monoisotopic (exact) mass is 238 g/mol. The van der Waals surface area contributed by atoms with Gasteiger partial charge >= 0.3 is 11.9 Å². The highest BCUT2D eigenvalue weighted by Crippen LogP contribution is 2.37. The minimum absolute atomic E-state index is 0.0381. The van der Waals surface area contributed by atoms with Crippen molar-refractivity contribution in [2.45, 2.75) is 51.7 Å². The molecule has 2 aliphatic rings. The van der Waals surface area contributed by atoms with E-state index in [0.29, 0.717) is 12.8 Å². The fraction of sp³-hybridized carbons (Fsp3) is 0.692. The summed E-state index contributed by atoms with van der Waals surface area (Å²) in [7, 11) is 0. The molecular formula is C13H18O4. The summed E-state index contributed by atoms with van der Waals surface area (Å²) in [5, 5.41) is 0. The molecule has 0 N–H and O–H groups in total. The number of allylic oxidation sites excluding steroid dienone is 1. The molecule has 0 unspecified atom stereocenters. The highest BCUT2D eigenvalue weighted by molar-refractivity contribution is 6.15. The van der Waals surface area contributed by atoms with E-state index < -0.39 is 17.7 Å².